The molecular formula is C8H14N4S. The van der Waals surface area contributed by atoms with Crippen LogP contribution in [0, 0.1) is 0 Å². The second-order valence-electron chi connectivity index (χ2n) is 4.00. The molecule has 1 fully saturated rings. The molecule has 5 heteroatoms. The van der Waals surface area contributed by atoms with Crippen LogP contribution in [0.5, 0.6) is 0 Å². The molecule has 1 aliphatic heterocycles. The second-order valence-corrected chi connectivity index (χ2v) is 4.73. The minimum atomic E-state index is 0.214. The highest BCUT2D eigenvalue weighted by molar-refractivity contribution is 7.09. The lowest BCUT2D eigenvalue weighted by Gasteiger charge is -2.30. The third kappa shape index (κ3) is 1.48. The fourth-order valence-corrected chi connectivity index (χ4v) is 2.59. The van der Waals surface area contributed by atoms with Gasteiger partial charge in [-0.2, -0.15) is 9.36 Å². The third-order valence-electron chi connectivity index (χ3n) is 2.56. The molecule has 1 aromatic rings. The van der Waals surface area contributed by atoms with Gasteiger partial charge in [0.25, 0.3) is 0 Å². The second kappa shape index (κ2) is 2.83. The Hall–Kier alpha value is -0.840. The molecule has 1 aliphatic rings. The number of aromatic nitrogens is 2. The summed E-state index contributed by atoms with van der Waals surface area (Å²) in [5.74, 6) is 0.391. The molecule has 0 atom stereocenters. The van der Waals surface area contributed by atoms with Gasteiger partial charge in [0.05, 0.1) is 0 Å². The van der Waals surface area contributed by atoms with Crippen molar-refractivity contribution < 1.29 is 0 Å². The molecule has 0 aromatic carbocycles. The fourth-order valence-electron chi connectivity index (χ4n) is 1.80. The van der Waals surface area contributed by atoms with Crippen LogP contribution in [0.1, 0.15) is 26.7 Å². The van der Waals surface area contributed by atoms with Crippen molar-refractivity contribution in [2.75, 3.05) is 17.2 Å². The van der Waals surface area contributed by atoms with Gasteiger partial charge in [-0.3, -0.25) is 0 Å². The maximum atomic E-state index is 5.50. The van der Waals surface area contributed by atoms with Crippen LogP contribution in [0.3, 0.4) is 0 Å². The van der Waals surface area contributed by atoms with E-state index < -0.39 is 0 Å². The van der Waals surface area contributed by atoms with Crippen molar-refractivity contribution in [3.8, 4) is 0 Å². The molecule has 2 heterocycles. The lowest BCUT2D eigenvalue weighted by Crippen LogP contribution is -2.38. The van der Waals surface area contributed by atoms with Gasteiger partial charge in [-0.1, -0.05) is 0 Å². The molecule has 4 nitrogen and oxygen atoms in total. The highest BCUT2D eigenvalue weighted by Gasteiger charge is 2.33. The molecule has 2 N–H and O–H groups in total. The molecule has 0 unspecified atom stereocenters. The maximum Gasteiger partial charge on any atom is 0.233 e. The number of hydrogen-bond acceptors (Lipinski definition) is 5. The Balaban J connectivity index is 2.26. The molecule has 2 rings (SSSR count). The van der Waals surface area contributed by atoms with Gasteiger partial charge in [-0.05, 0) is 26.7 Å². The van der Waals surface area contributed by atoms with Crippen LogP contribution < -0.4 is 10.6 Å². The summed E-state index contributed by atoms with van der Waals surface area (Å²) in [6.45, 7) is 5.54. The van der Waals surface area contributed by atoms with Gasteiger partial charge >= 0.3 is 0 Å². The highest BCUT2D eigenvalue weighted by Crippen LogP contribution is 2.34. The van der Waals surface area contributed by atoms with Crippen LogP contribution in [0.15, 0.2) is 0 Å². The average Bonchev–Trinajstić information content (AvgIpc) is 2.56. The number of hydrogen-bond donors (Lipinski definition) is 1. The SMILES string of the molecule is CC1(C)CCCN1c1nc(N)ns1. The van der Waals surface area contributed by atoms with Crippen LogP contribution in [-0.4, -0.2) is 21.4 Å². The van der Waals surface area contributed by atoms with E-state index >= 15 is 0 Å². The molecule has 0 spiro atoms. The summed E-state index contributed by atoms with van der Waals surface area (Å²) in [5.41, 5.74) is 5.71. The summed E-state index contributed by atoms with van der Waals surface area (Å²) < 4.78 is 3.99. The highest BCUT2D eigenvalue weighted by atomic mass is 32.1. The minimum absolute atomic E-state index is 0.214. The average molecular weight is 198 g/mol. The Labute approximate surface area is 81.9 Å². The summed E-state index contributed by atoms with van der Waals surface area (Å²) in [4.78, 5) is 6.49. The first kappa shape index (κ1) is 8.74. The summed E-state index contributed by atoms with van der Waals surface area (Å²) in [6, 6.07) is 0. The fraction of sp³-hybridized carbons (Fsp3) is 0.750. The van der Waals surface area contributed by atoms with Crippen molar-refractivity contribution in [3.63, 3.8) is 0 Å². The zero-order valence-corrected chi connectivity index (χ0v) is 8.77. The Morgan fingerprint density at radius 3 is 2.77 bits per heavy atom. The molecule has 1 saturated heterocycles. The van der Waals surface area contributed by atoms with Crippen molar-refractivity contribution >= 4 is 22.6 Å². The predicted molar refractivity (Wildman–Crippen MR) is 55.0 cm³/mol. The van der Waals surface area contributed by atoms with Gasteiger partial charge in [-0.15, -0.1) is 0 Å². The van der Waals surface area contributed by atoms with Crippen LogP contribution >= 0.6 is 11.5 Å². The van der Waals surface area contributed by atoms with Gasteiger partial charge in [0, 0.05) is 23.6 Å². The quantitative estimate of drug-likeness (QED) is 0.743. The van der Waals surface area contributed by atoms with Crippen LogP contribution in [0.25, 0.3) is 0 Å². The van der Waals surface area contributed by atoms with Crippen molar-refractivity contribution in [1.29, 1.82) is 0 Å². The Morgan fingerprint density at radius 1 is 1.54 bits per heavy atom. The molecule has 0 amide bonds. The van der Waals surface area contributed by atoms with E-state index in [-0.39, 0.29) is 5.54 Å². The van der Waals surface area contributed by atoms with E-state index in [4.69, 9.17) is 5.73 Å². The van der Waals surface area contributed by atoms with Gasteiger partial charge in [0.15, 0.2) is 0 Å². The lowest BCUT2D eigenvalue weighted by atomic mass is 10.0. The zero-order chi connectivity index (χ0) is 9.47. The summed E-state index contributed by atoms with van der Waals surface area (Å²) >= 11 is 1.39. The molecule has 0 radical (unpaired) electrons. The third-order valence-corrected chi connectivity index (χ3v) is 3.32. The standard InChI is InChI=1S/C8H14N4S/c1-8(2)4-3-5-12(8)7-10-6(9)11-13-7/h3-5H2,1-2H3,(H2,9,11). The van der Waals surface area contributed by atoms with Gasteiger partial charge in [0.2, 0.25) is 11.1 Å². The van der Waals surface area contributed by atoms with Crippen molar-refractivity contribution in [2.24, 2.45) is 0 Å². The first-order valence-electron chi connectivity index (χ1n) is 4.46. The van der Waals surface area contributed by atoms with E-state index in [0.717, 1.165) is 11.7 Å². The van der Waals surface area contributed by atoms with Crippen molar-refractivity contribution in [3.05, 3.63) is 0 Å². The van der Waals surface area contributed by atoms with Gasteiger partial charge in [0.1, 0.15) is 0 Å². The smallest absolute Gasteiger partial charge is 0.233 e. The topological polar surface area (TPSA) is 55.0 Å². The zero-order valence-electron chi connectivity index (χ0n) is 7.95. The Bertz CT molecular complexity index is 307. The Morgan fingerprint density at radius 2 is 2.31 bits per heavy atom. The van der Waals surface area contributed by atoms with E-state index in [1.807, 2.05) is 0 Å². The molecular weight excluding hydrogens is 184 g/mol. The monoisotopic (exact) mass is 198 g/mol. The first-order valence-corrected chi connectivity index (χ1v) is 5.24. The van der Waals surface area contributed by atoms with Crippen molar-refractivity contribution in [2.45, 2.75) is 32.2 Å². The minimum Gasteiger partial charge on any atom is -0.367 e. The van der Waals surface area contributed by atoms with Crippen molar-refractivity contribution in [1.82, 2.24) is 9.36 Å². The normalized spacial score (nSPS) is 20.9. The van der Waals surface area contributed by atoms with Gasteiger partial charge in [-0.25, -0.2) is 0 Å². The number of nitrogens with zero attached hydrogens (tertiary/aromatic N) is 3. The molecule has 0 bridgehead atoms. The number of rotatable bonds is 1. The molecule has 0 saturated carbocycles. The summed E-state index contributed by atoms with van der Waals surface area (Å²) in [5, 5.41) is 0.958. The van der Waals surface area contributed by atoms with Gasteiger partial charge < -0.3 is 10.6 Å². The first-order chi connectivity index (χ1) is 6.09. The van der Waals surface area contributed by atoms with E-state index in [1.54, 1.807) is 0 Å². The number of nitrogens with two attached hydrogens (primary N) is 1. The molecule has 13 heavy (non-hydrogen) atoms. The number of nitrogen functional groups attached to an aromatic ring is 1. The molecule has 0 aliphatic carbocycles. The van der Waals surface area contributed by atoms with E-state index in [0.29, 0.717) is 5.95 Å². The summed E-state index contributed by atoms with van der Waals surface area (Å²) in [7, 11) is 0. The lowest BCUT2D eigenvalue weighted by molar-refractivity contribution is 0.517. The maximum absolute atomic E-state index is 5.50. The summed E-state index contributed by atoms with van der Waals surface area (Å²) in [6.07, 6.45) is 2.44. The van der Waals surface area contributed by atoms with Crippen LogP contribution in [0.2, 0.25) is 0 Å². The van der Waals surface area contributed by atoms with Crippen LogP contribution in [0.4, 0.5) is 11.1 Å². The van der Waals surface area contributed by atoms with E-state index in [2.05, 4.69) is 28.1 Å². The van der Waals surface area contributed by atoms with Crippen LogP contribution in [-0.2, 0) is 0 Å². The molecule has 72 valence electrons. The van der Waals surface area contributed by atoms with E-state index in [1.165, 1.54) is 24.4 Å². The largest absolute Gasteiger partial charge is 0.367 e. The molecule has 1 aromatic heterocycles. The van der Waals surface area contributed by atoms with E-state index in [9.17, 15) is 0 Å². The predicted octanol–water partition coefficient (Wildman–Crippen LogP) is 1.50. The Kier molecular flexibility index (Phi) is 1.91. The number of anilines is 2.